The summed E-state index contributed by atoms with van der Waals surface area (Å²) in [4.78, 5) is 18.3. The standard InChI is InChI=1S/C17H21FN4O3/c1-11-20-16(25-21-11)13-3-5-22(6-4-13)17(23)19-10-12-7-14(18)9-15(8-12)24-2/h7-9,13H,3-6,10H2,1-2H3,(H,19,23). The molecule has 25 heavy (non-hydrogen) atoms. The molecule has 1 aromatic heterocycles. The van der Waals surface area contributed by atoms with E-state index in [1.165, 1.54) is 19.2 Å². The molecule has 1 saturated heterocycles. The highest BCUT2D eigenvalue weighted by atomic mass is 19.1. The molecule has 7 nitrogen and oxygen atoms in total. The van der Waals surface area contributed by atoms with Crippen LogP contribution >= 0.6 is 0 Å². The minimum absolute atomic E-state index is 0.164. The largest absolute Gasteiger partial charge is 0.497 e. The number of likely N-dealkylation sites (tertiary alicyclic amines) is 1. The molecule has 2 amide bonds. The van der Waals surface area contributed by atoms with Crippen LogP contribution in [0.5, 0.6) is 5.75 Å². The number of carbonyl (C=O) groups is 1. The maximum Gasteiger partial charge on any atom is 0.317 e. The Labute approximate surface area is 145 Å². The zero-order valence-electron chi connectivity index (χ0n) is 14.3. The van der Waals surface area contributed by atoms with Crippen LogP contribution in [0.25, 0.3) is 0 Å². The molecule has 0 unspecified atom stereocenters. The van der Waals surface area contributed by atoms with E-state index in [1.54, 1.807) is 17.9 Å². The lowest BCUT2D eigenvalue weighted by atomic mass is 9.97. The second kappa shape index (κ2) is 7.50. The van der Waals surface area contributed by atoms with Gasteiger partial charge in [0.25, 0.3) is 0 Å². The summed E-state index contributed by atoms with van der Waals surface area (Å²) in [5, 5.41) is 6.63. The average molecular weight is 348 g/mol. The molecule has 1 fully saturated rings. The topological polar surface area (TPSA) is 80.5 Å². The third-order valence-corrected chi connectivity index (χ3v) is 4.29. The van der Waals surface area contributed by atoms with Crippen molar-refractivity contribution in [3.05, 3.63) is 41.3 Å². The van der Waals surface area contributed by atoms with Gasteiger partial charge in [0.15, 0.2) is 5.82 Å². The van der Waals surface area contributed by atoms with Gasteiger partial charge in [0.2, 0.25) is 5.89 Å². The Morgan fingerprint density at radius 1 is 1.40 bits per heavy atom. The van der Waals surface area contributed by atoms with E-state index in [2.05, 4.69) is 15.5 Å². The Hall–Kier alpha value is -2.64. The Morgan fingerprint density at radius 3 is 2.80 bits per heavy atom. The first kappa shape index (κ1) is 17.2. The van der Waals surface area contributed by atoms with Crippen LogP contribution in [0.15, 0.2) is 22.7 Å². The molecule has 1 aliphatic rings. The summed E-state index contributed by atoms with van der Waals surface area (Å²) in [6.07, 6.45) is 1.56. The van der Waals surface area contributed by atoms with Crippen molar-refractivity contribution in [3.63, 3.8) is 0 Å². The number of methoxy groups -OCH3 is 1. The van der Waals surface area contributed by atoms with Gasteiger partial charge >= 0.3 is 6.03 Å². The number of aromatic nitrogens is 2. The Kier molecular flexibility index (Phi) is 5.16. The molecule has 0 aliphatic carbocycles. The smallest absolute Gasteiger partial charge is 0.317 e. The average Bonchev–Trinajstić information content (AvgIpc) is 3.05. The lowest BCUT2D eigenvalue weighted by Crippen LogP contribution is -2.43. The van der Waals surface area contributed by atoms with Crippen LogP contribution < -0.4 is 10.1 Å². The third kappa shape index (κ3) is 4.26. The van der Waals surface area contributed by atoms with Crippen LogP contribution in [0.3, 0.4) is 0 Å². The molecule has 1 aliphatic heterocycles. The SMILES string of the molecule is COc1cc(F)cc(CNC(=O)N2CCC(c3nc(C)no3)CC2)c1. The van der Waals surface area contributed by atoms with Crippen LogP contribution in [0.2, 0.25) is 0 Å². The predicted octanol–water partition coefficient (Wildman–Crippen LogP) is 2.61. The molecule has 2 heterocycles. The number of amides is 2. The molecule has 8 heteroatoms. The van der Waals surface area contributed by atoms with E-state index in [0.717, 1.165) is 12.8 Å². The first-order chi connectivity index (χ1) is 12.0. The maximum atomic E-state index is 13.5. The summed E-state index contributed by atoms with van der Waals surface area (Å²) >= 11 is 0. The number of urea groups is 1. The molecule has 0 spiro atoms. The summed E-state index contributed by atoms with van der Waals surface area (Å²) in [5.41, 5.74) is 0.654. The van der Waals surface area contributed by atoms with Gasteiger partial charge in [-0.05, 0) is 37.5 Å². The van der Waals surface area contributed by atoms with Gasteiger partial charge in [0.1, 0.15) is 11.6 Å². The molecule has 0 atom stereocenters. The number of rotatable bonds is 4. The van der Waals surface area contributed by atoms with Crippen molar-refractivity contribution in [2.75, 3.05) is 20.2 Å². The second-order valence-corrected chi connectivity index (χ2v) is 6.10. The summed E-state index contributed by atoms with van der Waals surface area (Å²) in [5.74, 6) is 1.50. The summed E-state index contributed by atoms with van der Waals surface area (Å²) in [6.45, 7) is 3.27. The number of benzene rings is 1. The maximum absolute atomic E-state index is 13.5. The number of hydrogen-bond donors (Lipinski definition) is 1. The minimum atomic E-state index is -0.390. The summed E-state index contributed by atoms with van der Waals surface area (Å²) < 4.78 is 23.7. The summed E-state index contributed by atoms with van der Waals surface area (Å²) in [7, 11) is 1.48. The fraction of sp³-hybridized carbons (Fsp3) is 0.471. The number of ether oxygens (including phenoxy) is 1. The highest BCUT2D eigenvalue weighted by molar-refractivity contribution is 5.74. The number of carbonyl (C=O) groups excluding carboxylic acids is 1. The van der Waals surface area contributed by atoms with Gasteiger partial charge in [0, 0.05) is 31.6 Å². The fourth-order valence-electron chi connectivity index (χ4n) is 2.94. The van der Waals surface area contributed by atoms with Gasteiger partial charge in [-0.2, -0.15) is 4.98 Å². The van der Waals surface area contributed by atoms with Crippen LogP contribution in [-0.4, -0.2) is 41.3 Å². The molecule has 0 radical (unpaired) electrons. The first-order valence-corrected chi connectivity index (χ1v) is 8.21. The molecule has 1 N–H and O–H groups in total. The van der Waals surface area contributed by atoms with Crippen LogP contribution in [0.1, 0.15) is 36.0 Å². The lowest BCUT2D eigenvalue weighted by molar-refractivity contribution is 0.175. The first-order valence-electron chi connectivity index (χ1n) is 8.21. The molecule has 134 valence electrons. The number of piperidine rings is 1. The highest BCUT2D eigenvalue weighted by Crippen LogP contribution is 2.26. The van der Waals surface area contributed by atoms with Crippen molar-refractivity contribution >= 4 is 6.03 Å². The van der Waals surface area contributed by atoms with Gasteiger partial charge < -0.3 is 19.5 Å². The normalized spacial score (nSPS) is 15.2. The van der Waals surface area contributed by atoms with Gasteiger partial charge in [-0.3, -0.25) is 0 Å². The number of hydrogen-bond acceptors (Lipinski definition) is 5. The summed E-state index contributed by atoms with van der Waals surface area (Å²) in [6, 6.07) is 4.22. The van der Waals surface area contributed by atoms with Crippen molar-refractivity contribution in [2.24, 2.45) is 0 Å². The third-order valence-electron chi connectivity index (χ3n) is 4.29. The number of halogens is 1. The van der Waals surface area contributed by atoms with Crippen molar-refractivity contribution in [1.29, 1.82) is 0 Å². The van der Waals surface area contributed by atoms with Crippen molar-refractivity contribution in [3.8, 4) is 5.75 Å². The zero-order chi connectivity index (χ0) is 17.8. The quantitative estimate of drug-likeness (QED) is 0.919. The van der Waals surface area contributed by atoms with Gasteiger partial charge in [-0.25, -0.2) is 9.18 Å². The number of nitrogens with one attached hydrogen (secondary N) is 1. The van der Waals surface area contributed by atoms with Crippen LogP contribution in [-0.2, 0) is 6.54 Å². The number of aryl methyl sites for hydroxylation is 1. The molecule has 1 aromatic carbocycles. The Morgan fingerprint density at radius 2 is 2.16 bits per heavy atom. The lowest BCUT2D eigenvalue weighted by Gasteiger charge is -2.30. The fourth-order valence-corrected chi connectivity index (χ4v) is 2.94. The van der Waals surface area contributed by atoms with E-state index >= 15 is 0 Å². The van der Waals surface area contributed by atoms with Crippen molar-refractivity contribution < 1.29 is 18.4 Å². The van der Waals surface area contributed by atoms with Gasteiger partial charge in [-0.1, -0.05) is 5.16 Å². The predicted molar refractivity (Wildman–Crippen MR) is 87.8 cm³/mol. The molecule has 0 bridgehead atoms. The molecule has 3 rings (SSSR count). The second-order valence-electron chi connectivity index (χ2n) is 6.10. The molecular weight excluding hydrogens is 327 g/mol. The molecule has 2 aromatic rings. The Bertz CT molecular complexity index is 741. The molecular formula is C17H21FN4O3. The van der Waals surface area contributed by atoms with Crippen molar-refractivity contribution in [1.82, 2.24) is 20.4 Å². The van der Waals surface area contributed by atoms with Crippen LogP contribution in [0, 0.1) is 12.7 Å². The number of nitrogens with zero attached hydrogens (tertiary/aromatic N) is 3. The van der Waals surface area contributed by atoms with E-state index in [1.807, 2.05) is 0 Å². The van der Waals surface area contributed by atoms with Crippen molar-refractivity contribution in [2.45, 2.75) is 32.2 Å². The minimum Gasteiger partial charge on any atom is -0.497 e. The van der Waals surface area contributed by atoms with E-state index in [0.29, 0.717) is 36.1 Å². The van der Waals surface area contributed by atoms with E-state index < -0.39 is 0 Å². The monoisotopic (exact) mass is 348 g/mol. The van der Waals surface area contributed by atoms with Gasteiger partial charge in [-0.15, -0.1) is 0 Å². The van der Waals surface area contributed by atoms with E-state index in [4.69, 9.17) is 9.26 Å². The van der Waals surface area contributed by atoms with E-state index in [-0.39, 0.29) is 24.3 Å². The van der Waals surface area contributed by atoms with Gasteiger partial charge in [0.05, 0.1) is 7.11 Å². The van der Waals surface area contributed by atoms with Crippen LogP contribution in [0.4, 0.5) is 9.18 Å². The Balaban J connectivity index is 1.50. The zero-order valence-corrected chi connectivity index (χ0v) is 14.3. The van der Waals surface area contributed by atoms with E-state index in [9.17, 15) is 9.18 Å². The highest BCUT2D eigenvalue weighted by Gasteiger charge is 2.27. The molecule has 0 saturated carbocycles.